The van der Waals surface area contributed by atoms with Crippen molar-refractivity contribution < 1.29 is 14.9 Å². The summed E-state index contributed by atoms with van der Waals surface area (Å²) in [6.45, 7) is 9.20. The molecule has 13 heavy (non-hydrogen) atoms. The number of aliphatic hydroxyl groups excluding tert-OH is 2. The normalized spacial score (nSPS) is 7.85. The van der Waals surface area contributed by atoms with Crippen LogP contribution in [0, 0.1) is 0 Å². The van der Waals surface area contributed by atoms with Crippen LogP contribution in [-0.2, 0) is 4.74 Å². The van der Waals surface area contributed by atoms with Gasteiger partial charge in [-0.15, -0.1) is 0 Å². The zero-order valence-corrected chi connectivity index (χ0v) is 9.55. The molecule has 0 aromatic rings. The smallest absolute Gasteiger partial charge is 0.0698 e. The first-order valence-electron chi connectivity index (χ1n) is 5.04. The predicted octanol–water partition coefficient (Wildman–Crippen LogP) is 1.82. The van der Waals surface area contributed by atoms with Crippen LogP contribution in [0.15, 0.2) is 0 Å². The number of aliphatic hydroxyl groups is 2. The summed E-state index contributed by atoms with van der Waals surface area (Å²) >= 11 is 0. The lowest BCUT2D eigenvalue weighted by molar-refractivity contribution is 0.0650. The first kappa shape index (κ1) is 18.6. The van der Waals surface area contributed by atoms with Crippen LogP contribution in [0.3, 0.4) is 0 Å². The van der Waals surface area contributed by atoms with Crippen LogP contribution in [0.4, 0.5) is 0 Å². The summed E-state index contributed by atoms with van der Waals surface area (Å²) in [5.74, 6) is 0. The van der Waals surface area contributed by atoms with Gasteiger partial charge >= 0.3 is 0 Å². The van der Waals surface area contributed by atoms with Crippen LogP contribution in [0.5, 0.6) is 0 Å². The molecule has 0 heterocycles. The van der Waals surface area contributed by atoms with Gasteiger partial charge < -0.3 is 14.9 Å². The number of rotatable bonds is 4. The summed E-state index contributed by atoms with van der Waals surface area (Å²) in [4.78, 5) is 0. The second-order valence-corrected chi connectivity index (χ2v) is 2.47. The molecule has 0 saturated heterocycles. The Labute approximate surface area is 82.7 Å². The molecule has 3 heteroatoms. The average Bonchev–Trinajstić information content (AvgIpc) is 2.08. The van der Waals surface area contributed by atoms with E-state index >= 15 is 0 Å². The zero-order valence-electron chi connectivity index (χ0n) is 9.55. The molecule has 0 aromatic heterocycles. The number of ether oxygens (including phenoxy) is 1. The van der Waals surface area contributed by atoms with Crippen LogP contribution < -0.4 is 0 Å². The highest BCUT2D eigenvalue weighted by Gasteiger charge is 1.79. The monoisotopic (exact) mass is 194 g/mol. The van der Waals surface area contributed by atoms with E-state index in [-0.39, 0.29) is 13.2 Å². The van der Waals surface area contributed by atoms with E-state index in [2.05, 4.69) is 32.4 Å². The van der Waals surface area contributed by atoms with E-state index in [9.17, 15) is 0 Å². The fourth-order valence-electron chi connectivity index (χ4n) is 0.231. The molecule has 0 radical (unpaired) electrons. The van der Waals surface area contributed by atoms with E-state index in [1.54, 1.807) is 0 Å². The van der Waals surface area contributed by atoms with Gasteiger partial charge in [-0.25, -0.2) is 0 Å². The van der Waals surface area contributed by atoms with Crippen molar-refractivity contribution >= 4 is 0 Å². The molecule has 2 N–H and O–H groups in total. The molecule has 0 aliphatic carbocycles. The standard InChI is InChI=1S/C4H10O3.2C3H8/c5-1-3-7-4-2-6;2*1-3-2/h5-6H,1-4H2;2*3H2,1-2H3. The summed E-state index contributed by atoms with van der Waals surface area (Å²) in [7, 11) is 0. The first-order chi connectivity index (χ1) is 6.24. The van der Waals surface area contributed by atoms with E-state index in [0.29, 0.717) is 13.2 Å². The molecule has 0 fully saturated rings. The fourth-order valence-corrected chi connectivity index (χ4v) is 0.231. The van der Waals surface area contributed by atoms with Crippen LogP contribution in [0.1, 0.15) is 40.5 Å². The molecule has 0 bridgehead atoms. The molecule has 0 saturated carbocycles. The van der Waals surface area contributed by atoms with E-state index in [0.717, 1.165) is 0 Å². The van der Waals surface area contributed by atoms with Gasteiger partial charge in [-0.3, -0.25) is 0 Å². The lowest BCUT2D eigenvalue weighted by Gasteiger charge is -1.94. The Balaban J connectivity index is -0.000000140. The van der Waals surface area contributed by atoms with Crippen molar-refractivity contribution in [2.45, 2.75) is 40.5 Å². The average molecular weight is 194 g/mol. The van der Waals surface area contributed by atoms with Gasteiger partial charge in [0.25, 0.3) is 0 Å². The van der Waals surface area contributed by atoms with Gasteiger partial charge in [0, 0.05) is 0 Å². The largest absolute Gasteiger partial charge is 0.394 e. The fraction of sp³-hybridized carbons (Fsp3) is 1.00. The van der Waals surface area contributed by atoms with Gasteiger partial charge in [0.2, 0.25) is 0 Å². The van der Waals surface area contributed by atoms with E-state index in [4.69, 9.17) is 10.2 Å². The molecule has 0 atom stereocenters. The quantitative estimate of drug-likeness (QED) is 0.671. The summed E-state index contributed by atoms with van der Waals surface area (Å²) in [6.07, 6.45) is 2.50. The molecule has 3 nitrogen and oxygen atoms in total. The summed E-state index contributed by atoms with van der Waals surface area (Å²) in [5.41, 5.74) is 0. The van der Waals surface area contributed by atoms with Crippen molar-refractivity contribution in [2.24, 2.45) is 0 Å². The Kier molecular flexibility index (Phi) is 42.6. The van der Waals surface area contributed by atoms with Crippen molar-refractivity contribution in [2.75, 3.05) is 26.4 Å². The van der Waals surface area contributed by atoms with Gasteiger partial charge in [-0.05, 0) is 0 Å². The molecular weight excluding hydrogens is 168 g/mol. The molecule has 0 unspecified atom stereocenters. The third-order valence-electron chi connectivity index (χ3n) is 0.471. The Morgan fingerprint density at radius 1 is 0.769 bits per heavy atom. The highest BCUT2D eigenvalue weighted by Crippen LogP contribution is 1.68. The minimum absolute atomic E-state index is 0.0278. The van der Waals surface area contributed by atoms with Crippen molar-refractivity contribution in [1.29, 1.82) is 0 Å². The predicted molar refractivity (Wildman–Crippen MR) is 56.9 cm³/mol. The summed E-state index contributed by atoms with van der Waals surface area (Å²) in [6, 6.07) is 0. The maximum Gasteiger partial charge on any atom is 0.0698 e. The third kappa shape index (κ3) is 77.0. The van der Waals surface area contributed by atoms with Crippen LogP contribution in [-0.4, -0.2) is 36.6 Å². The second kappa shape index (κ2) is 29.7. The Bertz CT molecular complexity index is 43.4. The van der Waals surface area contributed by atoms with Crippen molar-refractivity contribution in [3.05, 3.63) is 0 Å². The Morgan fingerprint density at radius 2 is 1.00 bits per heavy atom. The van der Waals surface area contributed by atoms with Crippen molar-refractivity contribution in [3.8, 4) is 0 Å². The molecule has 0 amide bonds. The number of hydrogen-bond acceptors (Lipinski definition) is 3. The molecule has 0 aliphatic rings. The molecule has 84 valence electrons. The highest BCUT2D eigenvalue weighted by atomic mass is 16.5. The van der Waals surface area contributed by atoms with Gasteiger partial charge in [0.05, 0.1) is 26.4 Å². The summed E-state index contributed by atoms with van der Waals surface area (Å²) in [5, 5.41) is 16.2. The van der Waals surface area contributed by atoms with E-state index in [1.165, 1.54) is 12.8 Å². The molecule has 0 spiro atoms. The highest BCUT2D eigenvalue weighted by molar-refractivity contribution is 4.24. The Morgan fingerprint density at radius 3 is 1.15 bits per heavy atom. The minimum Gasteiger partial charge on any atom is -0.394 e. The van der Waals surface area contributed by atoms with Crippen molar-refractivity contribution in [1.82, 2.24) is 0 Å². The molecular formula is C10H26O3. The Hall–Kier alpha value is -0.120. The van der Waals surface area contributed by atoms with Gasteiger partial charge in [-0.1, -0.05) is 40.5 Å². The molecule has 0 aromatic carbocycles. The maximum absolute atomic E-state index is 8.09. The lowest BCUT2D eigenvalue weighted by Crippen LogP contribution is -2.03. The summed E-state index contributed by atoms with van der Waals surface area (Å²) < 4.78 is 4.63. The lowest BCUT2D eigenvalue weighted by atomic mass is 10.6. The topological polar surface area (TPSA) is 49.7 Å². The van der Waals surface area contributed by atoms with E-state index < -0.39 is 0 Å². The molecule has 0 aliphatic heterocycles. The SMILES string of the molecule is CCC.CCC.OCCOCCO. The maximum atomic E-state index is 8.09. The van der Waals surface area contributed by atoms with Crippen LogP contribution in [0.25, 0.3) is 0 Å². The zero-order chi connectivity index (χ0) is 10.9. The first-order valence-corrected chi connectivity index (χ1v) is 5.04. The molecule has 0 rings (SSSR count). The van der Waals surface area contributed by atoms with Crippen LogP contribution >= 0.6 is 0 Å². The van der Waals surface area contributed by atoms with Crippen molar-refractivity contribution in [3.63, 3.8) is 0 Å². The minimum atomic E-state index is 0.0278. The second-order valence-electron chi connectivity index (χ2n) is 2.47. The van der Waals surface area contributed by atoms with E-state index in [1.807, 2.05) is 0 Å². The number of hydrogen-bond donors (Lipinski definition) is 2. The third-order valence-corrected chi connectivity index (χ3v) is 0.471. The van der Waals surface area contributed by atoms with Gasteiger partial charge in [0.1, 0.15) is 0 Å². The van der Waals surface area contributed by atoms with Gasteiger partial charge in [-0.2, -0.15) is 0 Å². The van der Waals surface area contributed by atoms with Gasteiger partial charge in [0.15, 0.2) is 0 Å². The van der Waals surface area contributed by atoms with Crippen LogP contribution in [0.2, 0.25) is 0 Å².